The SMILES string of the molecule is C/C(=N\NC(=O)CSc1nc2ccccc2n1Cc1ccccc1Cl)c1ccc(Cl)c(Cl)c1. The molecule has 33 heavy (non-hydrogen) atoms. The summed E-state index contributed by atoms with van der Waals surface area (Å²) in [4.78, 5) is 17.2. The minimum absolute atomic E-state index is 0.157. The highest BCUT2D eigenvalue weighted by Crippen LogP contribution is 2.27. The maximum Gasteiger partial charge on any atom is 0.250 e. The predicted octanol–water partition coefficient (Wildman–Crippen LogP) is 6.68. The zero-order chi connectivity index (χ0) is 23.4. The van der Waals surface area contributed by atoms with Crippen LogP contribution < -0.4 is 5.43 Å². The van der Waals surface area contributed by atoms with Gasteiger partial charge in [0.1, 0.15) is 0 Å². The van der Waals surface area contributed by atoms with Crippen molar-refractivity contribution in [2.24, 2.45) is 5.10 Å². The average Bonchev–Trinajstić information content (AvgIpc) is 3.16. The standard InChI is InChI=1S/C24H19Cl3N4OS/c1-15(16-10-11-19(26)20(27)12-16)29-30-23(32)14-33-24-28-21-8-4-5-9-22(21)31(24)13-17-6-2-3-7-18(17)25/h2-12H,13-14H2,1H3,(H,30,32)/b29-15+. The number of imidazole rings is 1. The molecule has 0 unspecified atom stereocenters. The third-order valence-electron chi connectivity index (χ3n) is 4.92. The fourth-order valence-corrected chi connectivity index (χ4v) is 4.51. The van der Waals surface area contributed by atoms with Crippen LogP contribution in [0.2, 0.25) is 15.1 Å². The second-order valence-electron chi connectivity index (χ2n) is 7.21. The quantitative estimate of drug-likeness (QED) is 0.169. The van der Waals surface area contributed by atoms with Gasteiger partial charge in [-0.3, -0.25) is 4.79 Å². The molecule has 3 aromatic carbocycles. The van der Waals surface area contributed by atoms with Crippen LogP contribution in [0.15, 0.2) is 77.0 Å². The summed E-state index contributed by atoms with van der Waals surface area (Å²) in [5.74, 6) is -0.0833. The molecule has 4 aromatic rings. The van der Waals surface area contributed by atoms with E-state index in [9.17, 15) is 4.79 Å². The molecule has 0 aliphatic heterocycles. The van der Waals surface area contributed by atoms with Gasteiger partial charge in [0.05, 0.1) is 39.1 Å². The van der Waals surface area contributed by atoms with Gasteiger partial charge < -0.3 is 4.57 Å². The first-order valence-corrected chi connectivity index (χ1v) is 12.1. The molecule has 0 aliphatic carbocycles. The van der Waals surface area contributed by atoms with Crippen LogP contribution in [0.4, 0.5) is 0 Å². The Labute approximate surface area is 210 Å². The molecule has 0 spiro atoms. The first-order valence-electron chi connectivity index (χ1n) is 10.0. The van der Waals surface area contributed by atoms with E-state index in [1.807, 2.05) is 48.5 Å². The third-order valence-corrected chi connectivity index (χ3v) is 7.01. The fourth-order valence-electron chi connectivity index (χ4n) is 3.21. The molecule has 1 N–H and O–H groups in total. The van der Waals surface area contributed by atoms with Crippen LogP contribution in [0.1, 0.15) is 18.1 Å². The molecule has 0 saturated carbocycles. The van der Waals surface area contributed by atoms with E-state index < -0.39 is 0 Å². The number of nitrogens with one attached hydrogen (secondary N) is 1. The zero-order valence-electron chi connectivity index (χ0n) is 17.6. The van der Waals surface area contributed by atoms with Crippen LogP contribution in [0.3, 0.4) is 0 Å². The molecular weight excluding hydrogens is 499 g/mol. The zero-order valence-corrected chi connectivity index (χ0v) is 20.6. The summed E-state index contributed by atoms with van der Waals surface area (Å²) in [5.41, 5.74) is 6.82. The van der Waals surface area contributed by atoms with Crippen molar-refractivity contribution < 1.29 is 4.79 Å². The maximum atomic E-state index is 12.5. The molecule has 1 heterocycles. The van der Waals surface area contributed by atoms with Crippen LogP contribution in [0.5, 0.6) is 0 Å². The summed E-state index contributed by atoms with van der Waals surface area (Å²) in [6, 6.07) is 20.8. The molecule has 9 heteroatoms. The van der Waals surface area contributed by atoms with Crippen LogP contribution >= 0.6 is 46.6 Å². The summed E-state index contributed by atoms with van der Waals surface area (Å²) < 4.78 is 2.07. The van der Waals surface area contributed by atoms with E-state index in [4.69, 9.17) is 39.8 Å². The monoisotopic (exact) mass is 516 g/mol. The van der Waals surface area contributed by atoms with Crippen LogP contribution in [-0.2, 0) is 11.3 Å². The summed E-state index contributed by atoms with van der Waals surface area (Å²) in [5, 5.41) is 6.50. The maximum absolute atomic E-state index is 12.5. The number of hydrogen-bond acceptors (Lipinski definition) is 4. The van der Waals surface area contributed by atoms with Crippen LogP contribution in [0.25, 0.3) is 11.0 Å². The molecule has 0 aliphatic rings. The summed E-state index contributed by atoms with van der Waals surface area (Å²) in [7, 11) is 0. The summed E-state index contributed by atoms with van der Waals surface area (Å²) in [6.07, 6.45) is 0. The first-order chi connectivity index (χ1) is 15.9. The number of amides is 1. The normalized spacial score (nSPS) is 11.7. The van der Waals surface area contributed by atoms with Crippen molar-refractivity contribution in [3.8, 4) is 0 Å². The van der Waals surface area contributed by atoms with Gasteiger partial charge in [0.2, 0.25) is 0 Å². The molecule has 0 saturated heterocycles. The first kappa shape index (κ1) is 23.6. The second kappa shape index (κ2) is 10.6. The Bertz CT molecular complexity index is 1350. The number of benzene rings is 3. The lowest BCUT2D eigenvalue weighted by atomic mass is 10.1. The van der Waals surface area contributed by atoms with Gasteiger partial charge in [-0.2, -0.15) is 5.10 Å². The average molecular weight is 518 g/mol. The van der Waals surface area contributed by atoms with E-state index in [0.717, 1.165) is 27.3 Å². The van der Waals surface area contributed by atoms with E-state index in [2.05, 4.69) is 15.1 Å². The molecule has 168 valence electrons. The summed E-state index contributed by atoms with van der Waals surface area (Å²) >= 11 is 19.7. The van der Waals surface area contributed by atoms with Crippen LogP contribution in [-0.4, -0.2) is 26.9 Å². The molecule has 4 rings (SSSR count). The lowest BCUT2D eigenvalue weighted by Gasteiger charge is -2.10. The van der Waals surface area contributed by atoms with Gasteiger partial charge in [-0.25, -0.2) is 10.4 Å². The molecule has 1 aromatic heterocycles. The van der Waals surface area contributed by atoms with E-state index >= 15 is 0 Å². The number of rotatable bonds is 7. The van der Waals surface area contributed by atoms with Crippen molar-refractivity contribution in [3.63, 3.8) is 0 Å². The minimum atomic E-state index is -0.240. The van der Waals surface area contributed by atoms with E-state index in [1.54, 1.807) is 25.1 Å². The fraction of sp³-hybridized carbons (Fsp3) is 0.125. The van der Waals surface area contributed by atoms with Gasteiger partial charge in [0.25, 0.3) is 5.91 Å². The van der Waals surface area contributed by atoms with Crippen molar-refractivity contribution in [2.45, 2.75) is 18.6 Å². The Kier molecular flexibility index (Phi) is 7.60. The number of fused-ring (bicyclic) bond motifs is 1. The van der Waals surface area contributed by atoms with Gasteiger partial charge in [-0.05, 0) is 48.4 Å². The topological polar surface area (TPSA) is 59.3 Å². The second-order valence-corrected chi connectivity index (χ2v) is 9.37. The smallest absolute Gasteiger partial charge is 0.250 e. The number of carbonyl (C=O) groups is 1. The Morgan fingerprint density at radius 2 is 1.76 bits per heavy atom. The molecular formula is C24H19Cl3N4OS. The number of thioether (sulfide) groups is 1. The Morgan fingerprint density at radius 1 is 1.00 bits per heavy atom. The molecule has 5 nitrogen and oxygen atoms in total. The van der Waals surface area contributed by atoms with Crippen molar-refractivity contribution in [2.75, 3.05) is 5.75 Å². The number of hydrazone groups is 1. The lowest BCUT2D eigenvalue weighted by molar-refractivity contribution is -0.118. The highest BCUT2D eigenvalue weighted by atomic mass is 35.5. The molecule has 0 radical (unpaired) electrons. The van der Waals surface area contributed by atoms with E-state index in [0.29, 0.717) is 27.3 Å². The van der Waals surface area contributed by atoms with Crippen molar-refractivity contribution in [1.82, 2.24) is 15.0 Å². The minimum Gasteiger partial charge on any atom is -0.314 e. The highest BCUT2D eigenvalue weighted by Gasteiger charge is 2.14. The molecule has 0 bridgehead atoms. The van der Waals surface area contributed by atoms with Gasteiger partial charge >= 0.3 is 0 Å². The van der Waals surface area contributed by atoms with Crippen LogP contribution in [0, 0.1) is 0 Å². The number of aromatic nitrogens is 2. The predicted molar refractivity (Wildman–Crippen MR) is 138 cm³/mol. The lowest BCUT2D eigenvalue weighted by Crippen LogP contribution is -2.21. The third kappa shape index (κ3) is 5.71. The molecule has 0 fully saturated rings. The number of nitrogens with zero attached hydrogens (tertiary/aromatic N) is 3. The van der Waals surface area contributed by atoms with Gasteiger partial charge in [0.15, 0.2) is 5.16 Å². The summed E-state index contributed by atoms with van der Waals surface area (Å²) in [6.45, 7) is 2.34. The number of hydrogen-bond donors (Lipinski definition) is 1. The highest BCUT2D eigenvalue weighted by molar-refractivity contribution is 7.99. The molecule has 1 amide bonds. The van der Waals surface area contributed by atoms with Crippen molar-refractivity contribution >= 4 is 69.2 Å². The van der Waals surface area contributed by atoms with Gasteiger partial charge in [0, 0.05) is 5.02 Å². The largest absolute Gasteiger partial charge is 0.314 e. The Balaban J connectivity index is 1.48. The van der Waals surface area contributed by atoms with E-state index in [-0.39, 0.29) is 11.7 Å². The van der Waals surface area contributed by atoms with Gasteiger partial charge in [-0.1, -0.05) is 83.0 Å². The van der Waals surface area contributed by atoms with Crippen molar-refractivity contribution in [1.29, 1.82) is 0 Å². The number of carbonyl (C=O) groups excluding carboxylic acids is 1. The Hall–Kier alpha value is -2.51. The van der Waals surface area contributed by atoms with Gasteiger partial charge in [-0.15, -0.1) is 0 Å². The number of halogens is 3. The Morgan fingerprint density at radius 3 is 2.55 bits per heavy atom. The number of para-hydroxylation sites is 2. The van der Waals surface area contributed by atoms with E-state index in [1.165, 1.54) is 11.8 Å². The van der Waals surface area contributed by atoms with Crippen molar-refractivity contribution in [3.05, 3.63) is 92.9 Å². The molecule has 0 atom stereocenters.